The van der Waals surface area contributed by atoms with Gasteiger partial charge in [0.05, 0.1) is 0 Å². The number of hydrogen-bond acceptors (Lipinski definition) is 1. The van der Waals surface area contributed by atoms with E-state index in [1.807, 2.05) is 0 Å². The van der Waals surface area contributed by atoms with Gasteiger partial charge in [-0.2, -0.15) is 0 Å². The van der Waals surface area contributed by atoms with Gasteiger partial charge in [-0.1, -0.05) is 44.8 Å². The van der Waals surface area contributed by atoms with E-state index in [4.69, 9.17) is 0 Å². The fourth-order valence-electron chi connectivity index (χ4n) is 2.91. The van der Waals surface area contributed by atoms with Crippen molar-refractivity contribution in [2.24, 2.45) is 5.92 Å². The van der Waals surface area contributed by atoms with Crippen molar-refractivity contribution in [3.63, 3.8) is 0 Å². The van der Waals surface area contributed by atoms with Crippen molar-refractivity contribution in [2.45, 2.75) is 84.1 Å². The predicted molar refractivity (Wildman–Crippen MR) is 82.1 cm³/mol. The fraction of sp³-hybridized carbons (Fsp3) is 0.824. The number of rotatable bonds is 8. The highest BCUT2D eigenvalue weighted by atomic mass is 16.1. The zero-order chi connectivity index (χ0) is 13.9. The van der Waals surface area contributed by atoms with Crippen LogP contribution in [0.2, 0.25) is 0 Å². The Balaban J connectivity index is 2.22. The molecule has 0 saturated heterocycles. The van der Waals surface area contributed by atoms with E-state index in [2.05, 4.69) is 31.3 Å². The molecule has 0 aliphatic heterocycles. The van der Waals surface area contributed by atoms with Crippen LogP contribution >= 0.6 is 0 Å². The van der Waals surface area contributed by atoms with Gasteiger partial charge in [0.2, 0.25) is 5.91 Å². The molecule has 110 valence electrons. The molecule has 1 rings (SSSR count). The highest BCUT2D eigenvalue weighted by molar-refractivity contribution is 5.78. The first-order chi connectivity index (χ1) is 9.27. The van der Waals surface area contributed by atoms with Crippen LogP contribution in [0.25, 0.3) is 0 Å². The van der Waals surface area contributed by atoms with Crippen molar-refractivity contribution in [2.75, 3.05) is 0 Å². The first kappa shape index (κ1) is 16.3. The minimum atomic E-state index is 0.229. The lowest BCUT2D eigenvalue weighted by molar-refractivity contribution is -0.126. The molecule has 19 heavy (non-hydrogen) atoms. The van der Waals surface area contributed by atoms with Crippen LogP contribution in [-0.2, 0) is 4.79 Å². The highest BCUT2D eigenvalue weighted by Crippen LogP contribution is 2.19. The standard InChI is InChI=1S/C17H31NO/c1-3-5-6-7-9-12-15(4-2)17(19)18-16-13-10-8-11-14-16/h3,5,15-16H,4,6-14H2,1-2H3,(H,18,19)/b5-3+. The van der Waals surface area contributed by atoms with Crippen LogP contribution in [0.15, 0.2) is 12.2 Å². The summed E-state index contributed by atoms with van der Waals surface area (Å²) < 4.78 is 0. The lowest BCUT2D eigenvalue weighted by Gasteiger charge is -2.25. The molecule has 1 fully saturated rings. The van der Waals surface area contributed by atoms with E-state index in [9.17, 15) is 4.79 Å². The lowest BCUT2D eigenvalue weighted by atomic mass is 9.93. The van der Waals surface area contributed by atoms with Crippen molar-refractivity contribution in [1.29, 1.82) is 0 Å². The largest absolute Gasteiger partial charge is 0.353 e. The Hall–Kier alpha value is -0.790. The fourth-order valence-corrected chi connectivity index (χ4v) is 2.91. The van der Waals surface area contributed by atoms with Crippen LogP contribution in [0.4, 0.5) is 0 Å². The predicted octanol–water partition coefficient (Wildman–Crippen LogP) is 4.60. The highest BCUT2D eigenvalue weighted by Gasteiger charge is 2.20. The van der Waals surface area contributed by atoms with Crippen molar-refractivity contribution < 1.29 is 4.79 Å². The van der Waals surface area contributed by atoms with Gasteiger partial charge in [0, 0.05) is 12.0 Å². The van der Waals surface area contributed by atoms with E-state index < -0.39 is 0 Å². The second-order valence-electron chi connectivity index (χ2n) is 5.80. The van der Waals surface area contributed by atoms with Gasteiger partial charge in [0.15, 0.2) is 0 Å². The minimum Gasteiger partial charge on any atom is -0.353 e. The Labute approximate surface area is 119 Å². The quantitative estimate of drug-likeness (QED) is 0.504. The van der Waals surface area contributed by atoms with E-state index in [1.54, 1.807) is 0 Å². The van der Waals surface area contributed by atoms with Crippen LogP contribution < -0.4 is 5.32 Å². The van der Waals surface area contributed by atoms with Gasteiger partial charge < -0.3 is 5.32 Å². The van der Waals surface area contributed by atoms with E-state index in [-0.39, 0.29) is 5.92 Å². The monoisotopic (exact) mass is 265 g/mol. The Morgan fingerprint density at radius 2 is 2.00 bits per heavy atom. The van der Waals surface area contributed by atoms with Gasteiger partial charge in [-0.25, -0.2) is 0 Å². The van der Waals surface area contributed by atoms with Gasteiger partial charge in [0.25, 0.3) is 0 Å². The summed E-state index contributed by atoms with van der Waals surface area (Å²) in [4.78, 5) is 12.2. The summed E-state index contributed by atoms with van der Waals surface area (Å²) in [5.74, 6) is 0.535. The number of carbonyl (C=O) groups is 1. The van der Waals surface area contributed by atoms with E-state index in [0.29, 0.717) is 11.9 Å². The zero-order valence-corrected chi connectivity index (χ0v) is 12.8. The second kappa shape index (κ2) is 10.1. The molecule has 0 aromatic rings. The SMILES string of the molecule is C/C=C/CCCCC(CC)C(=O)NC1CCCCC1. The topological polar surface area (TPSA) is 29.1 Å². The molecule has 0 bridgehead atoms. The van der Waals surface area contributed by atoms with Gasteiger partial charge in [0.1, 0.15) is 0 Å². The third kappa shape index (κ3) is 6.79. The zero-order valence-electron chi connectivity index (χ0n) is 12.8. The molecule has 0 aromatic heterocycles. The number of amides is 1. The van der Waals surface area contributed by atoms with Crippen molar-refractivity contribution in [3.8, 4) is 0 Å². The van der Waals surface area contributed by atoms with Crippen LogP contribution in [0.3, 0.4) is 0 Å². The first-order valence-corrected chi connectivity index (χ1v) is 8.19. The molecule has 2 heteroatoms. The molecule has 1 unspecified atom stereocenters. The molecule has 1 saturated carbocycles. The van der Waals surface area contributed by atoms with Gasteiger partial charge in [-0.3, -0.25) is 4.79 Å². The molecular weight excluding hydrogens is 234 g/mol. The van der Waals surface area contributed by atoms with E-state index in [0.717, 1.165) is 19.3 Å². The molecule has 0 aromatic carbocycles. The molecule has 1 N–H and O–H groups in total. The molecule has 0 heterocycles. The van der Waals surface area contributed by atoms with Crippen molar-refractivity contribution in [3.05, 3.63) is 12.2 Å². The number of unbranched alkanes of at least 4 members (excludes halogenated alkanes) is 2. The first-order valence-electron chi connectivity index (χ1n) is 8.19. The summed E-state index contributed by atoms with van der Waals surface area (Å²) in [6.07, 6.45) is 16.1. The Bertz CT molecular complexity index is 266. The van der Waals surface area contributed by atoms with Gasteiger partial charge >= 0.3 is 0 Å². The summed E-state index contributed by atoms with van der Waals surface area (Å²) in [6, 6.07) is 0.457. The maximum atomic E-state index is 12.2. The molecule has 0 spiro atoms. The maximum absolute atomic E-state index is 12.2. The summed E-state index contributed by atoms with van der Waals surface area (Å²) in [7, 11) is 0. The maximum Gasteiger partial charge on any atom is 0.223 e. The number of hydrogen-bond donors (Lipinski definition) is 1. The Kier molecular flexibility index (Phi) is 8.61. The smallest absolute Gasteiger partial charge is 0.223 e. The van der Waals surface area contributed by atoms with Crippen molar-refractivity contribution >= 4 is 5.91 Å². The third-order valence-electron chi connectivity index (χ3n) is 4.22. The molecular formula is C17H31NO. The van der Waals surface area contributed by atoms with Crippen LogP contribution in [0.5, 0.6) is 0 Å². The molecule has 0 radical (unpaired) electrons. The molecule has 1 aliphatic carbocycles. The molecule has 1 amide bonds. The summed E-state index contributed by atoms with van der Waals surface area (Å²) in [5.41, 5.74) is 0. The van der Waals surface area contributed by atoms with Crippen LogP contribution in [0, 0.1) is 5.92 Å². The third-order valence-corrected chi connectivity index (χ3v) is 4.22. The van der Waals surface area contributed by atoms with Crippen LogP contribution in [-0.4, -0.2) is 11.9 Å². The average Bonchev–Trinajstić information content (AvgIpc) is 2.44. The van der Waals surface area contributed by atoms with E-state index >= 15 is 0 Å². The molecule has 2 nitrogen and oxygen atoms in total. The summed E-state index contributed by atoms with van der Waals surface area (Å²) in [5, 5.41) is 3.27. The number of carbonyl (C=O) groups excluding carboxylic acids is 1. The van der Waals surface area contributed by atoms with Crippen LogP contribution in [0.1, 0.15) is 78.1 Å². The minimum absolute atomic E-state index is 0.229. The second-order valence-corrected chi connectivity index (χ2v) is 5.80. The summed E-state index contributed by atoms with van der Waals surface area (Å²) >= 11 is 0. The van der Waals surface area contributed by atoms with Crippen molar-refractivity contribution in [1.82, 2.24) is 5.32 Å². The normalized spacial score (nSPS) is 18.6. The molecule has 1 atom stereocenters. The number of nitrogens with one attached hydrogen (secondary N) is 1. The van der Waals surface area contributed by atoms with E-state index in [1.165, 1.54) is 44.9 Å². The summed E-state index contributed by atoms with van der Waals surface area (Å²) in [6.45, 7) is 4.20. The number of allylic oxidation sites excluding steroid dienone is 2. The van der Waals surface area contributed by atoms with Gasteiger partial charge in [-0.15, -0.1) is 0 Å². The average molecular weight is 265 g/mol. The van der Waals surface area contributed by atoms with Gasteiger partial charge in [-0.05, 0) is 45.4 Å². The Morgan fingerprint density at radius 1 is 1.26 bits per heavy atom. The molecule has 1 aliphatic rings. The lowest BCUT2D eigenvalue weighted by Crippen LogP contribution is -2.39. The Morgan fingerprint density at radius 3 is 2.63 bits per heavy atom.